The molecule has 0 spiro atoms. The van der Waals surface area contributed by atoms with E-state index in [0.29, 0.717) is 11.7 Å². The van der Waals surface area contributed by atoms with E-state index >= 15 is 0 Å². The van der Waals surface area contributed by atoms with Crippen LogP contribution in [0.2, 0.25) is 0 Å². The van der Waals surface area contributed by atoms with Crippen molar-refractivity contribution in [3.63, 3.8) is 0 Å². The lowest BCUT2D eigenvalue weighted by atomic mass is 9.79. The van der Waals surface area contributed by atoms with Gasteiger partial charge in [-0.25, -0.2) is 0 Å². The number of benzene rings is 1. The van der Waals surface area contributed by atoms with Crippen LogP contribution in [0.15, 0.2) is 36.4 Å². The van der Waals surface area contributed by atoms with E-state index in [1.165, 1.54) is 0 Å². The van der Waals surface area contributed by atoms with Crippen molar-refractivity contribution in [2.45, 2.75) is 70.7 Å². The molecule has 1 saturated heterocycles. The van der Waals surface area contributed by atoms with Gasteiger partial charge < -0.3 is 10.6 Å². The molecule has 1 amide bonds. The monoisotopic (exact) mass is 381 g/mol. The van der Waals surface area contributed by atoms with Gasteiger partial charge in [-0.1, -0.05) is 18.2 Å². The molecule has 1 aromatic heterocycles. The molecule has 0 radical (unpaired) electrons. The van der Waals surface area contributed by atoms with E-state index in [2.05, 4.69) is 48.3 Å². The van der Waals surface area contributed by atoms with Gasteiger partial charge in [0, 0.05) is 35.9 Å². The number of amides is 1. The number of aromatic nitrogens is 2. The molecular weight excluding hydrogens is 350 g/mol. The third-order valence-electron chi connectivity index (χ3n) is 5.78. The number of carbonyl (C=O) groups is 1. The van der Waals surface area contributed by atoms with Crippen LogP contribution in [0.1, 0.15) is 56.7 Å². The molecule has 0 saturated carbocycles. The van der Waals surface area contributed by atoms with E-state index < -0.39 is 0 Å². The second-order valence-electron chi connectivity index (χ2n) is 9.49. The van der Waals surface area contributed by atoms with Gasteiger partial charge in [0.05, 0.1) is 12.2 Å². The molecule has 2 N–H and O–H groups in total. The quantitative estimate of drug-likeness (QED) is 0.857. The fourth-order valence-electron chi connectivity index (χ4n) is 4.95. The van der Waals surface area contributed by atoms with Crippen molar-refractivity contribution in [1.82, 2.24) is 20.0 Å². The lowest BCUT2D eigenvalue weighted by molar-refractivity contribution is 0.0485. The molecule has 2 aliphatic heterocycles. The normalized spacial score (nSPS) is 21.9. The number of nitrogens with one attached hydrogen (secondary N) is 2. The number of fused-ring (bicyclic) bond motifs is 1. The smallest absolute Gasteiger partial charge is 0.276 e. The summed E-state index contributed by atoms with van der Waals surface area (Å²) in [5, 5.41) is 11.2. The first-order valence-corrected chi connectivity index (χ1v) is 10.2. The lowest BCUT2D eigenvalue weighted by Gasteiger charge is -2.50. The number of carbonyl (C=O) groups excluding carboxylic acids is 1. The summed E-state index contributed by atoms with van der Waals surface area (Å²) in [6, 6.07) is 12.0. The van der Waals surface area contributed by atoms with Gasteiger partial charge in [-0.3, -0.25) is 14.4 Å². The Hall–Kier alpha value is -2.18. The summed E-state index contributed by atoms with van der Waals surface area (Å²) in [7, 11) is 0. The van der Waals surface area contributed by atoms with Gasteiger partial charge in [0.25, 0.3) is 5.91 Å². The molecule has 6 heteroatoms. The molecule has 1 fully saturated rings. The van der Waals surface area contributed by atoms with E-state index in [1.54, 1.807) is 0 Å². The zero-order chi connectivity index (χ0) is 19.9. The second-order valence-corrected chi connectivity index (χ2v) is 9.49. The minimum absolute atomic E-state index is 0.130. The standard InChI is InChI=1S/C22H31N5O/c1-21(2)13-18(14-22(3,4)25-21)26-10-11-27-17(15-26)12-19(24-27)20(28)23-16-8-6-5-7-9-16/h5-9,12,18,25H,10-11,13-15H2,1-4H3,(H,23,28). The minimum atomic E-state index is -0.149. The SMILES string of the molecule is CC1(C)CC(N2CCn3nc(C(=O)Nc4ccccc4)cc3C2)CC(C)(C)N1. The second kappa shape index (κ2) is 7.01. The van der Waals surface area contributed by atoms with Gasteiger partial charge >= 0.3 is 0 Å². The maximum absolute atomic E-state index is 12.6. The third-order valence-corrected chi connectivity index (χ3v) is 5.78. The third kappa shape index (κ3) is 4.13. The maximum atomic E-state index is 12.6. The van der Waals surface area contributed by atoms with E-state index in [4.69, 9.17) is 0 Å². The Morgan fingerprint density at radius 1 is 1.11 bits per heavy atom. The van der Waals surface area contributed by atoms with Crippen molar-refractivity contribution in [1.29, 1.82) is 0 Å². The number of nitrogens with zero attached hydrogens (tertiary/aromatic N) is 3. The lowest BCUT2D eigenvalue weighted by Crippen LogP contribution is -2.62. The summed E-state index contributed by atoms with van der Waals surface area (Å²) < 4.78 is 1.99. The number of hydrogen-bond donors (Lipinski definition) is 2. The van der Waals surface area contributed by atoms with Crippen molar-refractivity contribution >= 4 is 11.6 Å². The van der Waals surface area contributed by atoms with E-state index in [-0.39, 0.29) is 17.0 Å². The molecule has 2 aromatic rings. The molecule has 0 unspecified atom stereocenters. The Labute approximate surface area is 167 Å². The van der Waals surface area contributed by atoms with Crippen molar-refractivity contribution in [3.05, 3.63) is 47.8 Å². The average Bonchev–Trinajstić information content (AvgIpc) is 3.03. The highest BCUT2D eigenvalue weighted by Crippen LogP contribution is 2.33. The molecule has 3 heterocycles. The van der Waals surface area contributed by atoms with Gasteiger partial charge in [0.1, 0.15) is 0 Å². The highest BCUT2D eigenvalue weighted by molar-refractivity contribution is 6.02. The molecule has 28 heavy (non-hydrogen) atoms. The van der Waals surface area contributed by atoms with Crippen LogP contribution in [0, 0.1) is 0 Å². The van der Waals surface area contributed by atoms with E-state index in [9.17, 15) is 4.79 Å². The van der Waals surface area contributed by atoms with Gasteiger partial charge in [0.2, 0.25) is 0 Å². The summed E-state index contributed by atoms with van der Waals surface area (Å²) in [6.45, 7) is 11.8. The molecule has 2 aliphatic rings. The van der Waals surface area contributed by atoms with Crippen molar-refractivity contribution in [3.8, 4) is 0 Å². The van der Waals surface area contributed by atoms with Gasteiger partial charge in [-0.2, -0.15) is 5.10 Å². The first kappa shape index (κ1) is 19.2. The Bertz CT molecular complexity index is 839. The number of anilines is 1. The van der Waals surface area contributed by atoms with Crippen LogP contribution in [0.5, 0.6) is 0 Å². The molecule has 1 aromatic carbocycles. The Morgan fingerprint density at radius 2 is 1.79 bits per heavy atom. The molecule has 0 aliphatic carbocycles. The predicted molar refractivity (Wildman–Crippen MR) is 111 cm³/mol. The first-order chi connectivity index (χ1) is 13.2. The number of para-hydroxylation sites is 1. The highest BCUT2D eigenvalue weighted by Gasteiger charge is 2.40. The summed E-state index contributed by atoms with van der Waals surface area (Å²) in [5.41, 5.74) is 2.67. The number of rotatable bonds is 3. The van der Waals surface area contributed by atoms with E-state index in [1.807, 2.05) is 41.1 Å². The van der Waals surface area contributed by atoms with Crippen LogP contribution in [0.3, 0.4) is 0 Å². The molecule has 0 atom stereocenters. The molecule has 4 rings (SSSR count). The molecule has 6 nitrogen and oxygen atoms in total. The van der Waals surface area contributed by atoms with Crippen LogP contribution < -0.4 is 10.6 Å². The minimum Gasteiger partial charge on any atom is -0.321 e. The highest BCUT2D eigenvalue weighted by atomic mass is 16.2. The predicted octanol–water partition coefficient (Wildman–Crippen LogP) is 3.26. The van der Waals surface area contributed by atoms with Crippen molar-refractivity contribution in [2.75, 3.05) is 11.9 Å². The van der Waals surface area contributed by atoms with E-state index in [0.717, 1.165) is 43.9 Å². The van der Waals surface area contributed by atoms with Crippen LogP contribution in [0.4, 0.5) is 5.69 Å². The van der Waals surface area contributed by atoms with Crippen LogP contribution in [-0.2, 0) is 13.1 Å². The largest absolute Gasteiger partial charge is 0.321 e. The number of hydrogen-bond acceptors (Lipinski definition) is 4. The van der Waals surface area contributed by atoms with Gasteiger partial charge in [0.15, 0.2) is 5.69 Å². The summed E-state index contributed by atoms with van der Waals surface area (Å²) in [4.78, 5) is 15.1. The molecule has 150 valence electrons. The van der Waals surface area contributed by atoms with Crippen LogP contribution in [-0.4, -0.2) is 44.3 Å². The Morgan fingerprint density at radius 3 is 2.46 bits per heavy atom. The van der Waals surface area contributed by atoms with Crippen LogP contribution in [0.25, 0.3) is 0 Å². The zero-order valence-electron chi connectivity index (χ0n) is 17.3. The Kier molecular flexibility index (Phi) is 4.79. The fourth-order valence-corrected chi connectivity index (χ4v) is 4.95. The average molecular weight is 382 g/mol. The zero-order valence-corrected chi connectivity index (χ0v) is 17.3. The van der Waals surface area contributed by atoms with Crippen LogP contribution >= 0.6 is 0 Å². The van der Waals surface area contributed by atoms with Crippen molar-refractivity contribution < 1.29 is 4.79 Å². The number of piperidine rings is 1. The van der Waals surface area contributed by atoms with Crippen molar-refractivity contribution in [2.24, 2.45) is 0 Å². The topological polar surface area (TPSA) is 62.2 Å². The summed E-state index contributed by atoms with van der Waals surface area (Å²) in [6.07, 6.45) is 2.26. The summed E-state index contributed by atoms with van der Waals surface area (Å²) >= 11 is 0. The molecular formula is C22H31N5O. The van der Waals surface area contributed by atoms with Gasteiger partial charge in [-0.05, 0) is 58.7 Å². The van der Waals surface area contributed by atoms with Gasteiger partial charge in [-0.15, -0.1) is 0 Å². The molecule has 0 bridgehead atoms. The Balaban J connectivity index is 1.47. The summed E-state index contributed by atoms with van der Waals surface area (Å²) in [5.74, 6) is -0.149. The fraction of sp³-hybridized carbons (Fsp3) is 0.545. The first-order valence-electron chi connectivity index (χ1n) is 10.2. The maximum Gasteiger partial charge on any atom is 0.276 e.